The normalized spacial score (nSPS) is 12.0. The van der Waals surface area contributed by atoms with Gasteiger partial charge in [-0.3, -0.25) is 19.1 Å². The highest BCUT2D eigenvalue weighted by Gasteiger charge is 2.37. The molecule has 0 amide bonds. The zero-order valence-corrected chi connectivity index (χ0v) is 17.2. The molecule has 5 aromatic rings. The van der Waals surface area contributed by atoms with Crippen LogP contribution in [0.5, 0.6) is 0 Å². The first-order chi connectivity index (χ1) is 15.3. The highest BCUT2D eigenvalue weighted by Crippen LogP contribution is 2.35. The molecule has 0 fully saturated rings. The largest absolute Gasteiger partial charge is 0.435 e. The Morgan fingerprint density at radius 3 is 2.56 bits per heavy atom. The molecule has 0 radical (unpaired) electrons. The molecule has 1 aromatic carbocycles. The van der Waals surface area contributed by atoms with E-state index in [0.717, 1.165) is 21.8 Å². The number of alkyl halides is 3. The minimum atomic E-state index is -4.81. The minimum absolute atomic E-state index is 0.294. The standard InChI is InChI=1S/C22H13ClF3N5O/c1-30-17-11-28-15-5-4-12(13-3-2-8-27-10-13)9-14(15)19(17)31(21(30)32)16-6-7-18(23)29-20(16)22(24,25)26/h2-11H,1H3. The first kappa shape index (κ1) is 20.2. The quantitative estimate of drug-likeness (QED) is 0.351. The number of hydrogen-bond acceptors (Lipinski definition) is 4. The lowest BCUT2D eigenvalue weighted by Crippen LogP contribution is -2.24. The average Bonchev–Trinajstić information content (AvgIpc) is 3.04. The van der Waals surface area contributed by atoms with Gasteiger partial charge >= 0.3 is 11.9 Å². The molecule has 32 heavy (non-hydrogen) atoms. The number of pyridine rings is 3. The molecule has 5 rings (SSSR count). The summed E-state index contributed by atoms with van der Waals surface area (Å²) in [4.78, 5) is 25.1. The predicted molar refractivity (Wildman–Crippen MR) is 115 cm³/mol. The molecule has 0 unspecified atom stereocenters. The van der Waals surface area contributed by atoms with E-state index in [-0.39, 0.29) is 5.15 Å². The molecule has 0 spiro atoms. The van der Waals surface area contributed by atoms with Gasteiger partial charge in [0, 0.05) is 30.4 Å². The summed E-state index contributed by atoms with van der Waals surface area (Å²) >= 11 is 5.74. The molecule has 4 heterocycles. The molecular formula is C22H13ClF3N5O. The molecule has 6 nitrogen and oxygen atoms in total. The van der Waals surface area contributed by atoms with Crippen LogP contribution in [0.4, 0.5) is 13.2 Å². The maximum absolute atomic E-state index is 13.8. The monoisotopic (exact) mass is 455 g/mol. The van der Waals surface area contributed by atoms with E-state index in [1.807, 2.05) is 12.1 Å². The van der Waals surface area contributed by atoms with Crippen LogP contribution in [0.15, 0.2) is 65.8 Å². The summed E-state index contributed by atoms with van der Waals surface area (Å²) in [7, 11) is 1.48. The predicted octanol–water partition coefficient (Wildman–Crippen LogP) is 5.01. The number of imidazole rings is 1. The zero-order chi connectivity index (χ0) is 22.6. The second-order valence-electron chi connectivity index (χ2n) is 7.14. The number of fused-ring (bicyclic) bond motifs is 3. The Balaban J connectivity index is 1.92. The number of nitrogens with zero attached hydrogens (tertiary/aromatic N) is 5. The Morgan fingerprint density at radius 1 is 1.03 bits per heavy atom. The van der Waals surface area contributed by atoms with Gasteiger partial charge in [0.15, 0.2) is 5.69 Å². The second kappa shape index (κ2) is 7.16. The van der Waals surface area contributed by atoms with Crippen molar-refractivity contribution in [2.24, 2.45) is 7.05 Å². The summed E-state index contributed by atoms with van der Waals surface area (Å²) < 4.78 is 43.6. The van der Waals surface area contributed by atoms with Crippen molar-refractivity contribution in [1.29, 1.82) is 0 Å². The highest BCUT2D eigenvalue weighted by molar-refractivity contribution is 6.29. The van der Waals surface area contributed by atoms with E-state index in [0.29, 0.717) is 21.9 Å². The van der Waals surface area contributed by atoms with Crippen LogP contribution in [0.1, 0.15) is 5.69 Å². The fraction of sp³-hybridized carbons (Fsp3) is 0.0909. The van der Waals surface area contributed by atoms with Crippen LogP contribution in [0.2, 0.25) is 5.15 Å². The fourth-order valence-corrected chi connectivity index (χ4v) is 3.90. The molecule has 0 saturated heterocycles. The maximum atomic E-state index is 13.8. The molecule has 0 aliphatic heterocycles. The summed E-state index contributed by atoms with van der Waals surface area (Å²) in [6, 6.07) is 11.4. The number of aryl methyl sites for hydroxylation is 1. The van der Waals surface area contributed by atoms with Gasteiger partial charge in [0.1, 0.15) is 5.15 Å². The van der Waals surface area contributed by atoms with Crippen molar-refractivity contribution < 1.29 is 13.2 Å². The van der Waals surface area contributed by atoms with E-state index in [1.54, 1.807) is 30.6 Å². The first-order valence-corrected chi connectivity index (χ1v) is 9.78. The van der Waals surface area contributed by atoms with E-state index in [2.05, 4.69) is 15.0 Å². The van der Waals surface area contributed by atoms with Crippen LogP contribution in [-0.4, -0.2) is 24.1 Å². The minimum Gasteiger partial charge on any atom is -0.293 e. The molecule has 0 aliphatic carbocycles. The maximum Gasteiger partial charge on any atom is 0.435 e. The molecule has 0 atom stereocenters. The van der Waals surface area contributed by atoms with Gasteiger partial charge in [-0.15, -0.1) is 0 Å². The Kier molecular flexibility index (Phi) is 4.52. The number of rotatable bonds is 2. The topological polar surface area (TPSA) is 65.6 Å². The smallest absolute Gasteiger partial charge is 0.293 e. The van der Waals surface area contributed by atoms with Gasteiger partial charge in [0.2, 0.25) is 0 Å². The second-order valence-corrected chi connectivity index (χ2v) is 7.53. The number of aromatic nitrogens is 5. The molecule has 0 aliphatic rings. The molecule has 4 aromatic heterocycles. The average molecular weight is 456 g/mol. The molecule has 0 saturated carbocycles. The van der Waals surface area contributed by atoms with Gasteiger partial charge in [0.25, 0.3) is 0 Å². The van der Waals surface area contributed by atoms with E-state index in [9.17, 15) is 18.0 Å². The third-order valence-electron chi connectivity index (χ3n) is 5.23. The number of hydrogen-bond donors (Lipinski definition) is 0. The Hall–Kier alpha value is -3.72. The van der Waals surface area contributed by atoms with Gasteiger partial charge in [-0.1, -0.05) is 23.7 Å². The van der Waals surface area contributed by atoms with Crippen LogP contribution in [0.3, 0.4) is 0 Å². The molecule has 0 N–H and O–H groups in total. The molecule has 10 heteroatoms. The van der Waals surface area contributed by atoms with Crippen molar-refractivity contribution >= 4 is 33.5 Å². The summed E-state index contributed by atoms with van der Waals surface area (Å²) in [6.45, 7) is 0. The van der Waals surface area contributed by atoms with Crippen LogP contribution in [0, 0.1) is 0 Å². The first-order valence-electron chi connectivity index (χ1n) is 9.40. The van der Waals surface area contributed by atoms with Crippen molar-refractivity contribution in [2.75, 3.05) is 0 Å². The lowest BCUT2D eigenvalue weighted by molar-refractivity contribution is -0.141. The van der Waals surface area contributed by atoms with Gasteiger partial charge in [-0.05, 0) is 35.9 Å². The summed E-state index contributed by atoms with van der Waals surface area (Å²) in [6.07, 6.45) is -0.0233. The molecule has 160 valence electrons. The third kappa shape index (κ3) is 3.13. The van der Waals surface area contributed by atoms with Crippen molar-refractivity contribution in [3.05, 3.63) is 82.4 Å². The van der Waals surface area contributed by atoms with Crippen LogP contribution < -0.4 is 5.69 Å². The number of benzene rings is 1. The number of halogens is 4. The highest BCUT2D eigenvalue weighted by atomic mass is 35.5. The SMILES string of the molecule is Cn1c(=O)n(-c2ccc(Cl)nc2C(F)(F)F)c2c3cc(-c4cccnc4)ccc3ncc21. The lowest BCUT2D eigenvalue weighted by atomic mass is 10.0. The van der Waals surface area contributed by atoms with E-state index in [1.165, 1.54) is 23.9 Å². The summed E-state index contributed by atoms with van der Waals surface area (Å²) in [5, 5.41) is 0.198. The Labute approximate surface area is 183 Å². The van der Waals surface area contributed by atoms with Crippen LogP contribution >= 0.6 is 11.6 Å². The zero-order valence-electron chi connectivity index (χ0n) is 16.4. The van der Waals surface area contributed by atoms with Crippen LogP contribution in [0.25, 0.3) is 38.8 Å². The van der Waals surface area contributed by atoms with E-state index < -0.39 is 23.2 Å². The summed E-state index contributed by atoms with van der Waals surface area (Å²) in [5.74, 6) is 0. The van der Waals surface area contributed by atoms with E-state index in [4.69, 9.17) is 11.6 Å². The van der Waals surface area contributed by atoms with Gasteiger partial charge in [-0.25, -0.2) is 9.78 Å². The van der Waals surface area contributed by atoms with Crippen LogP contribution in [-0.2, 0) is 13.2 Å². The van der Waals surface area contributed by atoms with E-state index >= 15 is 0 Å². The van der Waals surface area contributed by atoms with Crippen molar-refractivity contribution in [2.45, 2.75) is 6.18 Å². The molecular weight excluding hydrogens is 443 g/mol. The Bertz CT molecular complexity index is 1560. The van der Waals surface area contributed by atoms with Gasteiger partial charge < -0.3 is 0 Å². The van der Waals surface area contributed by atoms with Crippen molar-refractivity contribution in [3.63, 3.8) is 0 Å². The molecule has 0 bridgehead atoms. The Morgan fingerprint density at radius 2 is 1.84 bits per heavy atom. The fourth-order valence-electron chi connectivity index (χ4n) is 3.75. The van der Waals surface area contributed by atoms with Gasteiger partial charge in [0.05, 0.1) is 28.4 Å². The van der Waals surface area contributed by atoms with Crippen molar-refractivity contribution in [3.8, 4) is 16.8 Å². The van der Waals surface area contributed by atoms with Crippen molar-refractivity contribution in [1.82, 2.24) is 24.1 Å². The summed E-state index contributed by atoms with van der Waals surface area (Å²) in [5.41, 5.74) is 0.505. The third-order valence-corrected chi connectivity index (χ3v) is 5.44. The lowest BCUT2D eigenvalue weighted by Gasteiger charge is -2.13. The van der Waals surface area contributed by atoms with Gasteiger partial charge in [-0.2, -0.15) is 13.2 Å².